The van der Waals surface area contributed by atoms with Gasteiger partial charge >= 0.3 is 0 Å². The van der Waals surface area contributed by atoms with Crippen LogP contribution in [0.3, 0.4) is 0 Å². The Bertz CT molecular complexity index is 701. The second-order valence-corrected chi connectivity index (χ2v) is 4.88. The molecule has 96 valence electrons. The highest BCUT2D eigenvalue weighted by Crippen LogP contribution is 2.19. The van der Waals surface area contributed by atoms with Crippen LogP contribution in [0.25, 0.3) is 10.9 Å². The SMILES string of the molecule is Cn1nc(CNc2ccc(Cl)cc2)c2ccccc21. The number of anilines is 1. The summed E-state index contributed by atoms with van der Waals surface area (Å²) in [4.78, 5) is 0. The quantitative estimate of drug-likeness (QED) is 0.784. The van der Waals surface area contributed by atoms with Crippen molar-refractivity contribution in [1.82, 2.24) is 9.78 Å². The minimum atomic E-state index is 0.697. The number of aryl methyl sites for hydroxylation is 1. The number of nitrogens with one attached hydrogen (secondary N) is 1. The molecule has 0 amide bonds. The van der Waals surface area contributed by atoms with E-state index in [1.54, 1.807) is 0 Å². The summed E-state index contributed by atoms with van der Waals surface area (Å²) >= 11 is 5.87. The van der Waals surface area contributed by atoms with E-state index in [0.29, 0.717) is 6.54 Å². The van der Waals surface area contributed by atoms with Crippen molar-refractivity contribution in [2.24, 2.45) is 7.05 Å². The molecule has 19 heavy (non-hydrogen) atoms. The maximum Gasteiger partial charge on any atom is 0.0894 e. The molecule has 1 heterocycles. The number of halogens is 1. The van der Waals surface area contributed by atoms with Gasteiger partial charge in [-0.15, -0.1) is 0 Å². The first-order chi connectivity index (χ1) is 9.24. The van der Waals surface area contributed by atoms with E-state index < -0.39 is 0 Å². The number of fused-ring (bicyclic) bond motifs is 1. The zero-order valence-corrected chi connectivity index (χ0v) is 11.4. The molecule has 0 saturated carbocycles. The van der Waals surface area contributed by atoms with E-state index in [9.17, 15) is 0 Å². The zero-order chi connectivity index (χ0) is 13.2. The third kappa shape index (κ3) is 2.42. The fourth-order valence-electron chi connectivity index (χ4n) is 2.17. The Balaban J connectivity index is 1.84. The van der Waals surface area contributed by atoms with E-state index in [-0.39, 0.29) is 0 Å². The number of hydrogen-bond acceptors (Lipinski definition) is 2. The van der Waals surface area contributed by atoms with Gasteiger partial charge in [-0.3, -0.25) is 4.68 Å². The highest BCUT2D eigenvalue weighted by atomic mass is 35.5. The molecule has 3 rings (SSSR count). The van der Waals surface area contributed by atoms with Crippen molar-refractivity contribution in [3.8, 4) is 0 Å². The van der Waals surface area contributed by atoms with Crippen LogP contribution in [0, 0.1) is 0 Å². The molecule has 0 aliphatic rings. The molecule has 3 nitrogen and oxygen atoms in total. The molecule has 2 aromatic carbocycles. The Morgan fingerprint density at radius 3 is 2.63 bits per heavy atom. The highest BCUT2D eigenvalue weighted by molar-refractivity contribution is 6.30. The topological polar surface area (TPSA) is 29.9 Å². The van der Waals surface area contributed by atoms with E-state index in [0.717, 1.165) is 21.9 Å². The van der Waals surface area contributed by atoms with Gasteiger partial charge in [-0.05, 0) is 30.3 Å². The Hall–Kier alpha value is -2.00. The largest absolute Gasteiger partial charge is 0.379 e. The van der Waals surface area contributed by atoms with Crippen LogP contribution in [-0.2, 0) is 13.6 Å². The summed E-state index contributed by atoms with van der Waals surface area (Å²) in [7, 11) is 1.97. The number of benzene rings is 2. The summed E-state index contributed by atoms with van der Waals surface area (Å²) in [5.74, 6) is 0. The second-order valence-electron chi connectivity index (χ2n) is 4.45. The van der Waals surface area contributed by atoms with Gasteiger partial charge in [0.25, 0.3) is 0 Å². The lowest BCUT2D eigenvalue weighted by Crippen LogP contribution is -2.01. The Kier molecular flexibility index (Phi) is 3.13. The molecule has 4 heteroatoms. The molecule has 0 radical (unpaired) electrons. The molecular weight excluding hydrogens is 258 g/mol. The summed E-state index contributed by atoms with van der Waals surface area (Å²) in [6.45, 7) is 0.697. The molecule has 0 atom stereocenters. The number of para-hydroxylation sites is 1. The van der Waals surface area contributed by atoms with E-state index in [1.807, 2.05) is 48.1 Å². The first-order valence-corrected chi connectivity index (χ1v) is 6.52. The van der Waals surface area contributed by atoms with Gasteiger partial charge in [0.05, 0.1) is 17.8 Å². The molecule has 0 fully saturated rings. The van der Waals surface area contributed by atoms with E-state index in [4.69, 9.17) is 11.6 Å². The fraction of sp³-hybridized carbons (Fsp3) is 0.133. The van der Waals surface area contributed by atoms with Gasteiger partial charge < -0.3 is 5.32 Å². The lowest BCUT2D eigenvalue weighted by atomic mass is 10.2. The smallest absolute Gasteiger partial charge is 0.0894 e. The molecule has 3 aromatic rings. The van der Waals surface area contributed by atoms with Crippen molar-refractivity contribution < 1.29 is 0 Å². The monoisotopic (exact) mass is 271 g/mol. The van der Waals surface area contributed by atoms with Gasteiger partial charge in [0.1, 0.15) is 0 Å². The molecule has 0 spiro atoms. The zero-order valence-electron chi connectivity index (χ0n) is 10.6. The molecule has 1 aromatic heterocycles. The van der Waals surface area contributed by atoms with Crippen LogP contribution in [-0.4, -0.2) is 9.78 Å². The van der Waals surface area contributed by atoms with Gasteiger partial charge in [0.2, 0.25) is 0 Å². The maximum atomic E-state index is 5.87. The Morgan fingerprint density at radius 2 is 1.84 bits per heavy atom. The highest BCUT2D eigenvalue weighted by Gasteiger charge is 2.07. The summed E-state index contributed by atoms with van der Waals surface area (Å²) in [5, 5.41) is 9.84. The Morgan fingerprint density at radius 1 is 1.11 bits per heavy atom. The second kappa shape index (κ2) is 4.94. The number of rotatable bonds is 3. The van der Waals surface area contributed by atoms with E-state index in [2.05, 4.69) is 22.5 Å². The average Bonchev–Trinajstić information content (AvgIpc) is 2.76. The lowest BCUT2D eigenvalue weighted by Gasteiger charge is -2.04. The van der Waals surface area contributed by atoms with Gasteiger partial charge in [0, 0.05) is 23.1 Å². The van der Waals surface area contributed by atoms with Gasteiger partial charge in [0.15, 0.2) is 0 Å². The van der Waals surface area contributed by atoms with Crippen LogP contribution in [0.2, 0.25) is 5.02 Å². The average molecular weight is 272 g/mol. The van der Waals surface area contributed by atoms with Crippen molar-refractivity contribution in [2.75, 3.05) is 5.32 Å². The molecule has 0 aliphatic heterocycles. The van der Waals surface area contributed by atoms with Crippen LogP contribution >= 0.6 is 11.6 Å². The minimum Gasteiger partial charge on any atom is -0.379 e. The standard InChI is InChI=1S/C15H14ClN3/c1-19-15-5-3-2-4-13(15)14(18-19)10-17-12-8-6-11(16)7-9-12/h2-9,17H,10H2,1H3. The summed E-state index contributed by atoms with van der Waals surface area (Å²) < 4.78 is 1.91. The number of nitrogens with zero attached hydrogens (tertiary/aromatic N) is 2. The number of hydrogen-bond donors (Lipinski definition) is 1. The van der Waals surface area contributed by atoms with Crippen molar-refractivity contribution >= 4 is 28.2 Å². The predicted octanol–water partition coefficient (Wildman–Crippen LogP) is 3.84. The summed E-state index contributed by atoms with van der Waals surface area (Å²) in [5.41, 5.74) is 3.24. The van der Waals surface area contributed by atoms with E-state index in [1.165, 1.54) is 5.39 Å². The third-order valence-electron chi connectivity index (χ3n) is 3.14. The number of aromatic nitrogens is 2. The van der Waals surface area contributed by atoms with Crippen LogP contribution in [0.4, 0.5) is 5.69 Å². The lowest BCUT2D eigenvalue weighted by molar-refractivity contribution is 0.771. The molecule has 0 saturated heterocycles. The minimum absolute atomic E-state index is 0.697. The first kappa shape index (κ1) is 12.1. The van der Waals surface area contributed by atoms with Crippen LogP contribution in [0.1, 0.15) is 5.69 Å². The molecule has 1 N–H and O–H groups in total. The first-order valence-electron chi connectivity index (χ1n) is 6.14. The normalized spacial score (nSPS) is 10.8. The molecule has 0 bridgehead atoms. The van der Waals surface area contributed by atoms with Crippen molar-refractivity contribution in [2.45, 2.75) is 6.54 Å². The summed E-state index contributed by atoms with van der Waals surface area (Å²) in [6.07, 6.45) is 0. The van der Waals surface area contributed by atoms with Gasteiger partial charge in [-0.1, -0.05) is 29.8 Å². The van der Waals surface area contributed by atoms with Crippen LogP contribution in [0.5, 0.6) is 0 Å². The molecular formula is C15H14ClN3. The fourth-order valence-corrected chi connectivity index (χ4v) is 2.30. The maximum absolute atomic E-state index is 5.87. The van der Waals surface area contributed by atoms with Gasteiger partial charge in [-0.25, -0.2) is 0 Å². The van der Waals surface area contributed by atoms with Crippen LogP contribution < -0.4 is 5.32 Å². The van der Waals surface area contributed by atoms with E-state index >= 15 is 0 Å². The van der Waals surface area contributed by atoms with Gasteiger partial charge in [-0.2, -0.15) is 5.10 Å². The van der Waals surface area contributed by atoms with Crippen LogP contribution in [0.15, 0.2) is 48.5 Å². The van der Waals surface area contributed by atoms with Crippen molar-refractivity contribution in [3.05, 3.63) is 59.2 Å². The molecule has 0 unspecified atom stereocenters. The van der Waals surface area contributed by atoms with Crippen molar-refractivity contribution in [3.63, 3.8) is 0 Å². The van der Waals surface area contributed by atoms with Crippen molar-refractivity contribution in [1.29, 1.82) is 0 Å². The predicted molar refractivity (Wildman–Crippen MR) is 79.5 cm³/mol. The summed E-state index contributed by atoms with van der Waals surface area (Å²) in [6, 6.07) is 15.9. The Labute approximate surface area is 116 Å². The molecule has 0 aliphatic carbocycles. The third-order valence-corrected chi connectivity index (χ3v) is 3.39.